The average molecular weight is 187 g/mol. The van der Waals surface area contributed by atoms with Gasteiger partial charge in [0.05, 0.1) is 0 Å². The van der Waals surface area contributed by atoms with Gasteiger partial charge in [-0.3, -0.25) is 9.11 Å². The topological polar surface area (TPSA) is 20.3 Å². The third-order valence-electron chi connectivity index (χ3n) is 2.44. The zero-order valence-electron chi connectivity index (χ0n) is 7.82. The average Bonchev–Trinajstić information content (AvgIpc) is 2.08. The van der Waals surface area contributed by atoms with Gasteiger partial charge in [0.25, 0.3) is 0 Å². The van der Waals surface area contributed by atoms with Gasteiger partial charge in [-0.25, -0.2) is 0 Å². The monoisotopic (exact) mass is 187 g/mol. The van der Waals surface area contributed by atoms with Crippen molar-refractivity contribution >= 4 is 10.8 Å². The molecular formula is C9H17NOS. The van der Waals surface area contributed by atoms with Crippen LogP contribution >= 0.6 is 0 Å². The van der Waals surface area contributed by atoms with E-state index in [1.165, 1.54) is 0 Å². The van der Waals surface area contributed by atoms with Crippen LogP contribution in [-0.2, 0) is 10.8 Å². The summed E-state index contributed by atoms with van der Waals surface area (Å²) in [5, 5.41) is 0.321. The summed E-state index contributed by atoms with van der Waals surface area (Å²) in [7, 11) is -0.600. The van der Waals surface area contributed by atoms with Crippen LogP contribution in [0.3, 0.4) is 0 Å². The van der Waals surface area contributed by atoms with Gasteiger partial charge in [0.15, 0.2) is 0 Å². The summed E-state index contributed by atoms with van der Waals surface area (Å²) < 4.78 is 11.3. The van der Waals surface area contributed by atoms with Crippen LogP contribution in [0.25, 0.3) is 0 Å². The highest BCUT2D eigenvalue weighted by atomic mass is 32.2. The molecule has 3 atom stereocenters. The lowest BCUT2D eigenvalue weighted by atomic mass is 10.2. The number of hydrogen-bond donors (Lipinski definition) is 0. The molecule has 1 fully saturated rings. The van der Waals surface area contributed by atoms with Crippen LogP contribution in [0.1, 0.15) is 13.8 Å². The van der Waals surface area contributed by atoms with E-state index in [2.05, 4.69) is 25.3 Å². The van der Waals surface area contributed by atoms with Gasteiger partial charge in [-0.15, -0.1) is 6.58 Å². The second-order valence-corrected chi connectivity index (χ2v) is 5.34. The molecular weight excluding hydrogens is 170 g/mol. The third kappa shape index (κ3) is 2.17. The van der Waals surface area contributed by atoms with Gasteiger partial charge in [-0.05, 0) is 13.8 Å². The highest BCUT2D eigenvalue weighted by molar-refractivity contribution is 7.85. The summed E-state index contributed by atoms with van der Waals surface area (Å²) in [5.41, 5.74) is 0. The lowest BCUT2D eigenvalue weighted by Gasteiger charge is -2.33. The fourth-order valence-electron chi connectivity index (χ4n) is 1.43. The normalized spacial score (nSPS) is 34.5. The first-order valence-corrected chi connectivity index (χ1v) is 5.77. The Morgan fingerprint density at radius 1 is 1.75 bits per heavy atom. The molecule has 12 heavy (non-hydrogen) atoms. The van der Waals surface area contributed by atoms with Crippen molar-refractivity contribution in [1.82, 2.24) is 4.90 Å². The van der Waals surface area contributed by atoms with Crippen molar-refractivity contribution in [1.29, 1.82) is 0 Å². The van der Waals surface area contributed by atoms with Gasteiger partial charge in [-0.2, -0.15) is 0 Å². The molecule has 0 N–H and O–H groups in total. The summed E-state index contributed by atoms with van der Waals surface area (Å²) >= 11 is 0. The van der Waals surface area contributed by atoms with Gasteiger partial charge < -0.3 is 0 Å². The molecule has 3 unspecified atom stereocenters. The molecule has 0 aliphatic carbocycles. The lowest BCUT2D eigenvalue weighted by molar-refractivity contribution is 0.250. The Labute approximate surface area is 77.1 Å². The second-order valence-electron chi connectivity index (χ2n) is 3.37. The van der Waals surface area contributed by atoms with E-state index < -0.39 is 10.8 Å². The number of hydrogen-bond acceptors (Lipinski definition) is 2. The maximum Gasteiger partial charge on any atom is 0.0447 e. The summed E-state index contributed by atoms with van der Waals surface area (Å²) in [6.07, 6.45) is 1.95. The standard InChI is InChI=1S/C9H17NOS/c1-4-8(2)10-5-6-12(11)9(3)7-10/h4,8-9H,1,5-7H2,2-3H3. The van der Waals surface area contributed by atoms with Gasteiger partial charge in [0.2, 0.25) is 0 Å². The van der Waals surface area contributed by atoms with Crippen molar-refractivity contribution in [2.24, 2.45) is 0 Å². The quantitative estimate of drug-likeness (QED) is 0.601. The summed E-state index contributed by atoms with van der Waals surface area (Å²) in [5.74, 6) is 0.819. The van der Waals surface area contributed by atoms with Crippen molar-refractivity contribution in [2.75, 3.05) is 18.8 Å². The predicted molar refractivity (Wildman–Crippen MR) is 53.7 cm³/mol. The summed E-state index contributed by atoms with van der Waals surface area (Å²) in [6, 6.07) is 0.421. The van der Waals surface area contributed by atoms with Crippen molar-refractivity contribution in [3.05, 3.63) is 12.7 Å². The van der Waals surface area contributed by atoms with Gasteiger partial charge in [-0.1, -0.05) is 6.08 Å². The molecule has 70 valence electrons. The van der Waals surface area contributed by atoms with E-state index in [1.54, 1.807) is 0 Å². The van der Waals surface area contributed by atoms with E-state index in [0.29, 0.717) is 11.3 Å². The minimum absolute atomic E-state index is 0.321. The first kappa shape index (κ1) is 9.93. The zero-order valence-corrected chi connectivity index (χ0v) is 8.64. The largest absolute Gasteiger partial charge is 0.295 e. The van der Waals surface area contributed by atoms with Crippen molar-refractivity contribution in [3.8, 4) is 0 Å². The summed E-state index contributed by atoms with van der Waals surface area (Å²) in [4.78, 5) is 2.33. The van der Waals surface area contributed by atoms with Crippen molar-refractivity contribution in [2.45, 2.75) is 25.1 Å². The van der Waals surface area contributed by atoms with Crippen LogP contribution in [0.5, 0.6) is 0 Å². The fraction of sp³-hybridized carbons (Fsp3) is 0.778. The van der Waals surface area contributed by atoms with Crippen LogP contribution in [0.15, 0.2) is 12.7 Å². The van der Waals surface area contributed by atoms with Crippen LogP contribution in [-0.4, -0.2) is 39.2 Å². The zero-order chi connectivity index (χ0) is 9.14. The second kappa shape index (κ2) is 4.19. The number of nitrogens with zero attached hydrogens (tertiary/aromatic N) is 1. The van der Waals surface area contributed by atoms with Crippen LogP contribution in [0.4, 0.5) is 0 Å². The fourth-order valence-corrected chi connectivity index (χ4v) is 2.61. The first-order chi connectivity index (χ1) is 5.65. The first-order valence-electron chi connectivity index (χ1n) is 4.39. The van der Waals surface area contributed by atoms with E-state index in [4.69, 9.17) is 0 Å². The highest BCUT2D eigenvalue weighted by Crippen LogP contribution is 2.11. The van der Waals surface area contributed by atoms with Crippen molar-refractivity contribution < 1.29 is 4.21 Å². The van der Waals surface area contributed by atoms with E-state index in [0.717, 1.165) is 18.8 Å². The van der Waals surface area contributed by atoms with E-state index in [-0.39, 0.29) is 0 Å². The van der Waals surface area contributed by atoms with Crippen molar-refractivity contribution in [3.63, 3.8) is 0 Å². The molecule has 0 spiro atoms. The SMILES string of the molecule is C=CC(C)N1CCS(=O)C(C)C1. The molecule has 1 aliphatic rings. The van der Waals surface area contributed by atoms with E-state index >= 15 is 0 Å². The Bertz CT molecular complexity index is 193. The smallest absolute Gasteiger partial charge is 0.0447 e. The molecule has 0 radical (unpaired) electrons. The van der Waals surface area contributed by atoms with Gasteiger partial charge in [0.1, 0.15) is 0 Å². The maximum atomic E-state index is 11.3. The molecule has 0 bridgehead atoms. The molecule has 0 aromatic rings. The molecule has 0 aromatic heterocycles. The molecule has 3 heteroatoms. The highest BCUT2D eigenvalue weighted by Gasteiger charge is 2.23. The molecule has 2 nitrogen and oxygen atoms in total. The Balaban J connectivity index is 2.50. The Morgan fingerprint density at radius 3 is 2.92 bits per heavy atom. The number of rotatable bonds is 2. The molecule has 1 aliphatic heterocycles. The Morgan fingerprint density at radius 2 is 2.42 bits per heavy atom. The van der Waals surface area contributed by atoms with Crippen LogP contribution < -0.4 is 0 Å². The lowest BCUT2D eigenvalue weighted by Crippen LogP contribution is -2.46. The molecule has 1 rings (SSSR count). The van der Waals surface area contributed by atoms with Gasteiger partial charge >= 0.3 is 0 Å². The van der Waals surface area contributed by atoms with E-state index in [9.17, 15) is 4.21 Å². The predicted octanol–water partition coefficient (Wildman–Crippen LogP) is 1.01. The molecule has 0 amide bonds. The van der Waals surface area contributed by atoms with Crippen LogP contribution in [0.2, 0.25) is 0 Å². The van der Waals surface area contributed by atoms with Crippen LogP contribution in [0, 0.1) is 0 Å². The third-order valence-corrected chi connectivity index (χ3v) is 4.07. The maximum absolute atomic E-state index is 11.3. The minimum atomic E-state index is -0.600. The van der Waals surface area contributed by atoms with E-state index in [1.807, 2.05) is 6.08 Å². The summed E-state index contributed by atoms with van der Waals surface area (Å²) in [6.45, 7) is 9.84. The molecule has 1 heterocycles. The molecule has 1 saturated heterocycles. The Hall–Kier alpha value is -0.150. The molecule has 0 aromatic carbocycles. The Kier molecular flexibility index (Phi) is 3.47. The van der Waals surface area contributed by atoms with Gasteiger partial charge in [0, 0.05) is 40.9 Å². The molecule has 0 saturated carbocycles. The minimum Gasteiger partial charge on any atom is -0.295 e.